The fourth-order valence-corrected chi connectivity index (χ4v) is 2.82. The van der Waals surface area contributed by atoms with Gasteiger partial charge >= 0.3 is 0 Å². The number of terminal acetylenes is 1. The summed E-state index contributed by atoms with van der Waals surface area (Å²) in [4.78, 5) is 25.6. The number of nitrogens with zero attached hydrogens (tertiary/aromatic N) is 6. The highest BCUT2D eigenvalue weighted by Crippen LogP contribution is 2.37. The Bertz CT molecular complexity index is 740. The van der Waals surface area contributed by atoms with Crippen molar-refractivity contribution < 1.29 is 9.59 Å². The molecule has 3 heterocycles. The molecule has 1 N–H and O–H groups in total. The van der Waals surface area contributed by atoms with Gasteiger partial charge in [0.25, 0.3) is 5.91 Å². The van der Waals surface area contributed by atoms with Gasteiger partial charge in [-0.2, -0.15) is 10.2 Å². The van der Waals surface area contributed by atoms with E-state index in [1.165, 1.54) is 0 Å². The van der Waals surface area contributed by atoms with E-state index in [1.54, 1.807) is 11.9 Å². The van der Waals surface area contributed by atoms with Crippen LogP contribution in [0.4, 0.5) is 0 Å². The molecule has 0 aromatic carbocycles. The van der Waals surface area contributed by atoms with E-state index in [2.05, 4.69) is 31.7 Å². The largest absolute Gasteiger partial charge is 0.356 e. The van der Waals surface area contributed by atoms with E-state index in [4.69, 9.17) is 6.42 Å². The molecule has 25 heavy (non-hydrogen) atoms. The van der Waals surface area contributed by atoms with Crippen molar-refractivity contribution >= 4 is 11.8 Å². The van der Waals surface area contributed by atoms with Crippen molar-refractivity contribution in [3.8, 4) is 12.3 Å². The first-order valence-corrected chi connectivity index (χ1v) is 8.36. The van der Waals surface area contributed by atoms with Crippen LogP contribution in [0.1, 0.15) is 42.1 Å². The highest BCUT2D eigenvalue weighted by Gasteiger charge is 2.39. The van der Waals surface area contributed by atoms with Gasteiger partial charge in [0, 0.05) is 58.8 Å². The SMILES string of the molecule is C#CCCC1(CCC(=O)NCCc2nnc3n2CCN(C)C3=O)N=N1. The molecule has 2 aliphatic rings. The lowest BCUT2D eigenvalue weighted by Crippen LogP contribution is -2.38. The molecule has 0 unspecified atom stereocenters. The van der Waals surface area contributed by atoms with Gasteiger partial charge in [-0.05, 0) is 0 Å². The van der Waals surface area contributed by atoms with Crippen molar-refractivity contribution in [3.63, 3.8) is 0 Å². The predicted molar refractivity (Wildman–Crippen MR) is 88.6 cm³/mol. The summed E-state index contributed by atoms with van der Waals surface area (Å²) in [5, 5.41) is 18.9. The number of carbonyl (C=O) groups is 2. The number of likely N-dealkylation sites (N-methyl/N-ethyl adjacent to an activating group) is 1. The molecule has 9 heteroatoms. The van der Waals surface area contributed by atoms with Crippen LogP contribution in [-0.2, 0) is 17.8 Å². The summed E-state index contributed by atoms with van der Waals surface area (Å²) in [6.07, 6.45) is 8.04. The van der Waals surface area contributed by atoms with Crippen LogP contribution >= 0.6 is 0 Å². The van der Waals surface area contributed by atoms with Gasteiger partial charge in [0.2, 0.25) is 11.7 Å². The number of rotatable bonds is 8. The number of hydrogen-bond acceptors (Lipinski definition) is 6. The Morgan fingerprint density at radius 2 is 2.12 bits per heavy atom. The van der Waals surface area contributed by atoms with Gasteiger partial charge in [-0.25, -0.2) is 0 Å². The van der Waals surface area contributed by atoms with E-state index in [9.17, 15) is 9.59 Å². The van der Waals surface area contributed by atoms with E-state index >= 15 is 0 Å². The first-order chi connectivity index (χ1) is 12.0. The molecule has 3 rings (SSSR count). The minimum atomic E-state index is -0.428. The Hall–Kier alpha value is -2.76. The second-order valence-corrected chi connectivity index (χ2v) is 6.30. The van der Waals surface area contributed by atoms with E-state index in [0.717, 1.165) is 5.82 Å². The van der Waals surface area contributed by atoms with Gasteiger partial charge in [0.1, 0.15) is 5.82 Å². The number of aromatic nitrogens is 3. The van der Waals surface area contributed by atoms with E-state index in [1.807, 2.05) is 4.57 Å². The highest BCUT2D eigenvalue weighted by atomic mass is 16.2. The highest BCUT2D eigenvalue weighted by molar-refractivity contribution is 5.91. The van der Waals surface area contributed by atoms with Crippen molar-refractivity contribution in [1.82, 2.24) is 25.0 Å². The topological polar surface area (TPSA) is 105 Å². The first kappa shape index (κ1) is 17.1. The fraction of sp³-hybridized carbons (Fsp3) is 0.625. The summed E-state index contributed by atoms with van der Waals surface area (Å²) < 4.78 is 1.82. The Balaban J connectivity index is 1.42. The molecule has 1 aromatic heterocycles. The number of carbonyl (C=O) groups excluding carboxylic acids is 2. The smallest absolute Gasteiger partial charge is 0.291 e. The van der Waals surface area contributed by atoms with Crippen LogP contribution in [0.15, 0.2) is 10.2 Å². The molecular weight excluding hydrogens is 322 g/mol. The van der Waals surface area contributed by atoms with E-state index in [-0.39, 0.29) is 11.8 Å². The maximum absolute atomic E-state index is 12.0. The summed E-state index contributed by atoms with van der Waals surface area (Å²) in [6, 6.07) is 0. The summed E-state index contributed by atoms with van der Waals surface area (Å²) in [6.45, 7) is 1.76. The van der Waals surface area contributed by atoms with Gasteiger partial charge in [-0.15, -0.1) is 22.5 Å². The lowest BCUT2D eigenvalue weighted by atomic mass is 10.0. The molecule has 0 bridgehead atoms. The zero-order valence-corrected chi connectivity index (χ0v) is 14.2. The summed E-state index contributed by atoms with van der Waals surface area (Å²) in [5.74, 6) is 3.48. The van der Waals surface area contributed by atoms with Gasteiger partial charge in [-0.3, -0.25) is 9.59 Å². The molecule has 0 radical (unpaired) electrons. The maximum atomic E-state index is 12.0. The second kappa shape index (κ2) is 7.01. The van der Waals surface area contributed by atoms with Crippen LogP contribution in [0.25, 0.3) is 0 Å². The number of amides is 2. The lowest BCUT2D eigenvalue weighted by molar-refractivity contribution is -0.121. The van der Waals surface area contributed by atoms with Crippen molar-refractivity contribution in [1.29, 1.82) is 0 Å². The Kier molecular flexibility index (Phi) is 4.79. The van der Waals surface area contributed by atoms with Gasteiger partial charge in [0.15, 0.2) is 5.66 Å². The van der Waals surface area contributed by atoms with Crippen LogP contribution in [-0.4, -0.2) is 57.3 Å². The average Bonchev–Trinajstić information content (AvgIpc) is 3.27. The Labute approximate surface area is 145 Å². The molecule has 132 valence electrons. The molecule has 2 aliphatic heterocycles. The second-order valence-electron chi connectivity index (χ2n) is 6.30. The molecule has 0 saturated heterocycles. The molecular formula is C16H21N7O2. The van der Waals surface area contributed by atoms with Crippen molar-refractivity contribution in [2.45, 2.75) is 44.3 Å². The molecule has 0 atom stereocenters. The Morgan fingerprint density at radius 3 is 2.84 bits per heavy atom. The zero-order valence-electron chi connectivity index (χ0n) is 14.2. The maximum Gasteiger partial charge on any atom is 0.291 e. The van der Waals surface area contributed by atoms with Crippen LogP contribution in [0.3, 0.4) is 0 Å². The monoisotopic (exact) mass is 343 g/mol. The normalized spacial score (nSPS) is 17.1. The first-order valence-electron chi connectivity index (χ1n) is 8.36. The van der Waals surface area contributed by atoms with E-state index in [0.29, 0.717) is 57.6 Å². The summed E-state index contributed by atoms with van der Waals surface area (Å²) in [5.41, 5.74) is -0.428. The van der Waals surface area contributed by atoms with Crippen LogP contribution in [0.2, 0.25) is 0 Å². The van der Waals surface area contributed by atoms with Crippen molar-refractivity contribution in [3.05, 3.63) is 11.6 Å². The summed E-state index contributed by atoms with van der Waals surface area (Å²) >= 11 is 0. The molecule has 2 amide bonds. The minimum absolute atomic E-state index is 0.0495. The minimum Gasteiger partial charge on any atom is -0.356 e. The Morgan fingerprint density at radius 1 is 1.32 bits per heavy atom. The zero-order chi connectivity index (χ0) is 17.9. The van der Waals surface area contributed by atoms with Gasteiger partial charge < -0.3 is 14.8 Å². The fourth-order valence-electron chi connectivity index (χ4n) is 2.82. The van der Waals surface area contributed by atoms with Crippen LogP contribution in [0.5, 0.6) is 0 Å². The van der Waals surface area contributed by atoms with Crippen LogP contribution in [0, 0.1) is 12.3 Å². The summed E-state index contributed by atoms with van der Waals surface area (Å²) in [7, 11) is 1.75. The number of hydrogen-bond donors (Lipinski definition) is 1. The van der Waals surface area contributed by atoms with E-state index < -0.39 is 5.66 Å². The molecule has 0 aliphatic carbocycles. The molecule has 0 saturated carbocycles. The molecule has 9 nitrogen and oxygen atoms in total. The van der Waals surface area contributed by atoms with Gasteiger partial charge in [-0.1, -0.05) is 0 Å². The average molecular weight is 343 g/mol. The molecule has 0 fully saturated rings. The van der Waals surface area contributed by atoms with Gasteiger partial charge in [0.05, 0.1) is 0 Å². The number of fused-ring (bicyclic) bond motifs is 1. The lowest BCUT2D eigenvalue weighted by Gasteiger charge is -2.23. The third-order valence-corrected chi connectivity index (χ3v) is 4.50. The number of nitrogens with one attached hydrogen (secondary N) is 1. The molecule has 0 spiro atoms. The third kappa shape index (κ3) is 3.84. The molecule has 1 aromatic rings. The third-order valence-electron chi connectivity index (χ3n) is 4.50. The predicted octanol–water partition coefficient (Wildman–Crippen LogP) is 0.378. The van der Waals surface area contributed by atoms with Crippen molar-refractivity contribution in [2.24, 2.45) is 10.2 Å². The quantitative estimate of drug-likeness (QED) is 0.689. The van der Waals surface area contributed by atoms with Crippen LogP contribution < -0.4 is 5.32 Å². The van der Waals surface area contributed by atoms with Crippen molar-refractivity contribution in [2.75, 3.05) is 20.1 Å². The standard InChI is InChI=1S/C16H21N7O2/c1-3-4-7-16(20-21-16)8-5-13(24)17-9-6-12-18-19-14-15(25)22(2)10-11-23(12)14/h1H,4-11H2,2H3,(H,17,24).